The number of benzene rings is 1. The van der Waals surface area contributed by atoms with Gasteiger partial charge in [-0.2, -0.15) is 0 Å². The molecule has 3 rings (SSSR count). The molecule has 0 unspecified atom stereocenters. The van der Waals surface area contributed by atoms with E-state index in [0.29, 0.717) is 10.8 Å². The van der Waals surface area contributed by atoms with Crippen molar-refractivity contribution >= 4 is 55.7 Å². The van der Waals surface area contributed by atoms with Crippen LogP contribution >= 0.6 is 27.7 Å². The minimum Gasteiger partial charge on any atom is -0.351 e. The lowest BCUT2D eigenvalue weighted by molar-refractivity contribution is -0.119. The molecule has 0 bridgehead atoms. The third-order valence-electron chi connectivity index (χ3n) is 3.00. The third-order valence-corrected chi connectivity index (χ3v) is 4.33. The van der Waals surface area contributed by atoms with E-state index in [0.717, 1.165) is 20.9 Å². The molecule has 0 aliphatic heterocycles. The molecule has 1 aromatic carbocycles. The number of aromatic nitrogens is 4. The van der Waals surface area contributed by atoms with E-state index >= 15 is 0 Å². The lowest BCUT2D eigenvalue weighted by atomic mass is 10.1. The molecule has 120 valence electrons. The number of hydrogen-bond donors (Lipinski definition) is 2. The number of fused-ring (bicyclic) bond motifs is 3. The fourth-order valence-electron chi connectivity index (χ4n) is 2.17. The summed E-state index contributed by atoms with van der Waals surface area (Å²) in [6, 6.07) is 5.90. The zero-order valence-electron chi connectivity index (χ0n) is 13.0. The number of amides is 1. The van der Waals surface area contributed by atoms with Gasteiger partial charge in [-0.3, -0.25) is 4.79 Å². The highest BCUT2D eigenvalue weighted by molar-refractivity contribution is 9.10. The van der Waals surface area contributed by atoms with Gasteiger partial charge in [-0.25, -0.2) is 4.98 Å². The van der Waals surface area contributed by atoms with Crippen LogP contribution in [-0.2, 0) is 4.79 Å². The Balaban J connectivity index is 1.81. The number of nitrogens with one attached hydrogen (secondary N) is 2. The number of H-pyrrole nitrogens is 1. The summed E-state index contributed by atoms with van der Waals surface area (Å²) in [5, 5.41) is 12.7. The van der Waals surface area contributed by atoms with E-state index in [-0.39, 0.29) is 17.2 Å². The number of halogens is 1. The molecule has 0 saturated carbocycles. The van der Waals surface area contributed by atoms with Gasteiger partial charge in [0.15, 0.2) is 5.65 Å². The first-order valence-corrected chi connectivity index (χ1v) is 8.85. The van der Waals surface area contributed by atoms with E-state index in [9.17, 15) is 4.79 Å². The van der Waals surface area contributed by atoms with Crippen LogP contribution in [0.5, 0.6) is 0 Å². The largest absolute Gasteiger partial charge is 0.351 e. The minimum absolute atomic E-state index is 0.0493. The molecule has 23 heavy (non-hydrogen) atoms. The van der Waals surface area contributed by atoms with Crippen molar-refractivity contribution in [2.75, 3.05) is 5.75 Å². The van der Waals surface area contributed by atoms with Crippen LogP contribution in [0, 0.1) is 0 Å². The van der Waals surface area contributed by atoms with Crippen molar-refractivity contribution < 1.29 is 4.79 Å². The highest BCUT2D eigenvalue weighted by atomic mass is 79.9. The van der Waals surface area contributed by atoms with Crippen LogP contribution < -0.4 is 5.32 Å². The lowest BCUT2D eigenvalue weighted by Gasteiger charge is -2.20. The number of rotatable bonds is 3. The fourth-order valence-corrected chi connectivity index (χ4v) is 3.12. The van der Waals surface area contributed by atoms with E-state index in [1.54, 1.807) is 0 Å². The zero-order chi connectivity index (χ0) is 16.6. The van der Waals surface area contributed by atoms with Crippen LogP contribution in [0.1, 0.15) is 20.8 Å². The van der Waals surface area contributed by atoms with E-state index in [2.05, 4.69) is 41.4 Å². The molecule has 2 aromatic heterocycles. The van der Waals surface area contributed by atoms with Gasteiger partial charge in [0, 0.05) is 20.9 Å². The normalized spacial score (nSPS) is 12.0. The van der Waals surface area contributed by atoms with Crippen LogP contribution in [-0.4, -0.2) is 37.4 Å². The number of carbonyl (C=O) groups is 1. The molecule has 0 aliphatic rings. The van der Waals surface area contributed by atoms with Crippen LogP contribution in [0.2, 0.25) is 0 Å². The second-order valence-corrected chi connectivity index (χ2v) is 8.05. The van der Waals surface area contributed by atoms with Crippen LogP contribution in [0.3, 0.4) is 0 Å². The van der Waals surface area contributed by atoms with Gasteiger partial charge in [-0.15, -0.1) is 10.2 Å². The van der Waals surface area contributed by atoms with Crippen molar-refractivity contribution in [1.82, 2.24) is 25.5 Å². The summed E-state index contributed by atoms with van der Waals surface area (Å²) in [5.74, 6) is 0.211. The Morgan fingerprint density at radius 2 is 2.13 bits per heavy atom. The number of nitrogens with zero attached hydrogens (tertiary/aromatic N) is 3. The third kappa shape index (κ3) is 3.81. The van der Waals surface area contributed by atoms with Gasteiger partial charge < -0.3 is 10.3 Å². The Kier molecular flexibility index (Phi) is 4.29. The Hall–Kier alpha value is -1.67. The molecular formula is C15H16BrN5OS. The van der Waals surface area contributed by atoms with Gasteiger partial charge in [0.1, 0.15) is 5.52 Å². The van der Waals surface area contributed by atoms with Crippen LogP contribution in [0.4, 0.5) is 0 Å². The van der Waals surface area contributed by atoms with Gasteiger partial charge in [-0.1, -0.05) is 27.7 Å². The zero-order valence-corrected chi connectivity index (χ0v) is 15.4. The first kappa shape index (κ1) is 16.2. The first-order chi connectivity index (χ1) is 10.8. The first-order valence-electron chi connectivity index (χ1n) is 7.07. The van der Waals surface area contributed by atoms with Gasteiger partial charge >= 0.3 is 0 Å². The second-order valence-electron chi connectivity index (χ2n) is 6.19. The summed E-state index contributed by atoms with van der Waals surface area (Å²) < 4.78 is 0.977. The average molecular weight is 394 g/mol. The predicted octanol–water partition coefficient (Wildman–Crippen LogP) is 3.28. The molecule has 8 heteroatoms. The number of hydrogen-bond acceptors (Lipinski definition) is 5. The maximum atomic E-state index is 11.9. The lowest BCUT2D eigenvalue weighted by Crippen LogP contribution is -2.41. The molecule has 0 fully saturated rings. The van der Waals surface area contributed by atoms with Crippen molar-refractivity contribution in [3.05, 3.63) is 22.7 Å². The van der Waals surface area contributed by atoms with Gasteiger partial charge in [-0.05, 0) is 39.0 Å². The average Bonchev–Trinajstić information content (AvgIpc) is 2.80. The van der Waals surface area contributed by atoms with Gasteiger partial charge in [0.05, 0.1) is 5.75 Å². The summed E-state index contributed by atoms with van der Waals surface area (Å²) in [7, 11) is 0. The maximum Gasteiger partial charge on any atom is 0.230 e. The highest BCUT2D eigenvalue weighted by Gasteiger charge is 2.15. The smallest absolute Gasteiger partial charge is 0.230 e. The molecule has 0 radical (unpaired) electrons. The van der Waals surface area contributed by atoms with E-state index in [1.807, 2.05) is 39.0 Å². The molecule has 0 spiro atoms. The summed E-state index contributed by atoms with van der Waals surface area (Å²) in [5.41, 5.74) is 2.11. The highest BCUT2D eigenvalue weighted by Crippen LogP contribution is 2.26. The SMILES string of the molecule is CC(C)(C)NC(=O)CSc1nnc2c(n1)[nH]c1ccc(Br)cc12. The number of thioether (sulfide) groups is 1. The molecule has 3 aromatic rings. The monoisotopic (exact) mass is 393 g/mol. The summed E-state index contributed by atoms with van der Waals surface area (Å²) in [6.07, 6.45) is 0. The van der Waals surface area contributed by atoms with E-state index in [4.69, 9.17) is 0 Å². The van der Waals surface area contributed by atoms with Crippen molar-refractivity contribution in [2.45, 2.75) is 31.5 Å². The van der Waals surface area contributed by atoms with Crippen LogP contribution in [0.15, 0.2) is 27.8 Å². The van der Waals surface area contributed by atoms with E-state index < -0.39 is 0 Å². The molecule has 0 atom stereocenters. The summed E-state index contributed by atoms with van der Waals surface area (Å²) >= 11 is 4.72. The van der Waals surface area contributed by atoms with Gasteiger partial charge in [0.25, 0.3) is 0 Å². The quantitative estimate of drug-likeness (QED) is 0.667. The molecule has 6 nitrogen and oxygen atoms in total. The molecule has 2 N–H and O–H groups in total. The standard InChI is InChI=1S/C15H16BrN5OS/c1-15(2,3)19-11(22)7-23-14-18-13-12(20-21-14)9-6-8(16)4-5-10(9)17-13/h4-6H,7H2,1-3H3,(H,19,22)(H,17,18,21). The molecule has 2 heterocycles. The molecular weight excluding hydrogens is 378 g/mol. The Labute approximate surface area is 146 Å². The number of aromatic amines is 1. The number of carbonyl (C=O) groups excluding carboxylic acids is 1. The van der Waals surface area contributed by atoms with Crippen molar-refractivity contribution in [3.8, 4) is 0 Å². The summed E-state index contributed by atoms with van der Waals surface area (Å²) in [4.78, 5) is 19.5. The maximum absolute atomic E-state index is 11.9. The Morgan fingerprint density at radius 3 is 2.87 bits per heavy atom. The van der Waals surface area contributed by atoms with Crippen molar-refractivity contribution in [3.63, 3.8) is 0 Å². The Bertz CT molecular complexity index is 887. The molecule has 0 aliphatic carbocycles. The van der Waals surface area contributed by atoms with Gasteiger partial charge in [0.2, 0.25) is 11.1 Å². The topological polar surface area (TPSA) is 83.6 Å². The van der Waals surface area contributed by atoms with Crippen LogP contribution in [0.25, 0.3) is 22.1 Å². The fraction of sp³-hybridized carbons (Fsp3) is 0.333. The second kappa shape index (κ2) is 6.09. The minimum atomic E-state index is -0.245. The van der Waals surface area contributed by atoms with E-state index in [1.165, 1.54) is 11.8 Å². The molecule has 0 saturated heterocycles. The summed E-state index contributed by atoms with van der Waals surface area (Å²) in [6.45, 7) is 5.84. The van der Waals surface area contributed by atoms with Crippen molar-refractivity contribution in [2.24, 2.45) is 0 Å². The van der Waals surface area contributed by atoms with Crippen molar-refractivity contribution in [1.29, 1.82) is 0 Å². The molecule has 1 amide bonds. The predicted molar refractivity (Wildman–Crippen MR) is 95.5 cm³/mol. The Morgan fingerprint density at radius 1 is 1.35 bits per heavy atom.